The fourth-order valence-corrected chi connectivity index (χ4v) is 1.60. The van der Waals surface area contributed by atoms with Crippen LogP contribution in [-0.2, 0) is 11.2 Å². The van der Waals surface area contributed by atoms with Gasteiger partial charge in [0.1, 0.15) is 0 Å². The van der Waals surface area contributed by atoms with Gasteiger partial charge in [0.25, 0.3) is 0 Å². The molecular formula is C12H15FO3. The molecule has 1 aromatic carbocycles. The fourth-order valence-electron chi connectivity index (χ4n) is 1.60. The lowest BCUT2D eigenvalue weighted by molar-refractivity contribution is -0.141. The number of carbonyl (C=O) groups is 1. The van der Waals surface area contributed by atoms with E-state index in [9.17, 15) is 9.18 Å². The van der Waals surface area contributed by atoms with E-state index < -0.39 is 17.7 Å². The fraction of sp³-hybridized carbons (Fsp3) is 0.417. The number of hydrogen-bond acceptors (Lipinski definition) is 2. The van der Waals surface area contributed by atoms with Crippen LogP contribution in [0, 0.1) is 18.7 Å². The van der Waals surface area contributed by atoms with Crippen molar-refractivity contribution >= 4 is 5.97 Å². The van der Waals surface area contributed by atoms with Gasteiger partial charge in [0.2, 0.25) is 0 Å². The third kappa shape index (κ3) is 2.72. The van der Waals surface area contributed by atoms with Crippen molar-refractivity contribution in [2.24, 2.45) is 5.92 Å². The van der Waals surface area contributed by atoms with E-state index in [1.807, 2.05) is 0 Å². The first-order valence-corrected chi connectivity index (χ1v) is 5.01. The van der Waals surface area contributed by atoms with Gasteiger partial charge in [-0.3, -0.25) is 4.79 Å². The van der Waals surface area contributed by atoms with Crippen molar-refractivity contribution < 1.29 is 19.0 Å². The molecule has 1 aromatic rings. The summed E-state index contributed by atoms with van der Waals surface area (Å²) in [7, 11) is 1.38. The van der Waals surface area contributed by atoms with E-state index >= 15 is 0 Å². The summed E-state index contributed by atoms with van der Waals surface area (Å²) in [6.45, 7) is 3.35. The van der Waals surface area contributed by atoms with Crippen molar-refractivity contribution in [1.82, 2.24) is 0 Å². The van der Waals surface area contributed by atoms with Crippen molar-refractivity contribution in [3.63, 3.8) is 0 Å². The maximum Gasteiger partial charge on any atom is 0.306 e. The Morgan fingerprint density at radius 3 is 2.69 bits per heavy atom. The lowest BCUT2D eigenvalue weighted by atomic mass is 9.98. The molecule has 4 heteroatoms. The Hall–Kier alpha value is -1.58. The Balaban J connectivity index is 3.07. The first-order valence-electron chi connectivity index (χ1n) is 5.01. The molecule has 0 bridgehead atoms. The minimum atomic E-state index is -0.899. The summed E-state index contributed by atoms with van der Waals surface area (Å²) in [5, 5.41) is 8.81. The Bertz CT molecular complexity index is 401. The largest absolute Gasteiger partial charge is 0.493 e. The van der Waals surface area contributed by atoms with Gasteiger partial charge in [-0.25, -0.2) is 4.39 Å². The highest BCUT2D eigenvalue weighted by Crippen LogP contribution is 2.26. The molecule has 1 rings (SSSR count). The summed E-state index contributed by atoms with van der Waals surface area (Å²) in [5.74, 6) is -1.77. The molecule has 0 saturated heterocycles. The van der Waals surface area contributed by atoms with Crippen LogP contribution < -0.4 is 4.74 Å². The number of carboxylic acid groups (broad SMARTS) is 1. The van der Waals surface area contributed by atoms with E-state index in [0.29, 0.717) is 5.56 Å². The van der Waals surface area contributed by atoms with E-state index in [0.717, 1.165) is 5.56 Å². The van der Waals surface area contributed by atoms with Crippen LogP contribution in [0.3, 0.4) is 0 Å². The van der Waals surface area contributed by atoms with Crippen LogP contribution >= 0.6 is 0 Å². The molecule has 0 radical (unpaired) electrons. The van der Waals surface area contributed by atoms with Gasteiger partial charge in [0.05, 0.1) is 13.0 Å². The molecule has 0 heterocycles. The van der Waals surface area contributed by atoms with Crippen LogP contribution in [0.2, 0.25) is 0 Å². The second-order valence-corrected chi connectivity index (χ2v) is 3.88. The second-order valence-electron chi connectivity index (χ2n) is 3.88. The lowest BCUT2D eigenvalue weighted by Crippen LogP contribution is -2.13. The van der Waals surface area contributed by atoms with Gasteiger partial charge in [-0.15, -0.1) is 0 Å². The zero-order chi connectivity index (χ0) is 12.3. The van der Waals surface area contributed by atoms with Gasteiger partial charge < -0.3 is 9.84 Å². The Morgan fingerprint density at radius 2 is 2.19 bits per heavy atom. The van der Waals surface area contributed by atoms with Crippen molar-refractivity contribution in [2.75, 3.05) is 7.11 Å². The monoisotopic (exact) mass is 226 g/mol. The average molecular weight is 226 g/mol. The number of aliphatic carboxylic acids is 1. The minimum absolute atomic E-state index is 0.138. The maximum absolute atomic E-state index is 13.5. The molecule has 0 aliphatic carbocycles. The van der Waals surface area contributed by atoms with Crippen LogP contribution in [0.4, 0.5) is 4.39 Å². The molecule has 88 valence electrons. The van der Waals surface area contributed by atoms with Gasteiger partial charge in [0.15, 0.2) is 11.6 Å². The summed E-state index contributed by atoms with van der Waals surface area (Å²) in [6.07, 6.45) is 0.261. The summed E-state index contributed by atoms with van der Waals surface area (Å²) < 4.78 is 18.4. The highest BCUT2D eigenvalue weighted by atomic mass is 19.1. The zero-order valence-electron chi connectivity index (χ0n) is 9.58. The standard InChI is InChI=1S/C12H15FO3/c1-7-4-9(6-8(2)12(14)15)11(16-3)10(13)5-7/h4-5,8H,6H2,1-3H3,(H,14,15). The number of hydrogen-bond donors (Lipinski definition) is 1. The Morgan fingerprint density at radius 1 is 1.56 bits per heavy atom. The van der Waals surface area contributed by atoms with Crippen LogP contribution in [0.25, 0.3) is 0 Å². The smallest absolute Gasteiger partial charge is 0.306 e. The zero-order valence-corrected chi connectivity index (χ0v) is 9.58. The van der Waals surface area contributed by atoms with E-state index in [1.54, 1.807) is 19.9 Å². The molecule has 0 spiro atoms. The molecule has 1 N–H and O–H groups in total. The molecular weight excluding hydrogens is 211 g/mol. The topological polar surface area (TPSA) is 46.5 Å². The van der Waals surface area contributed by atoms with Gasteiger partial charge in [-0.05, 0) is 30.5 Å². The maximum atomic E-state index is 13.5. The molecule has 3 nitrogen and oxygen atoms in total. The van der Waals surface area contributed by atoms with Crippen molar-refractivity contribution in [1.29, 1.82) is 0 Å². The summed E-state index contributed by atoms with van der Waals surface area (Å²) in [4.78, 5) is 10.7. The molecule has 0 aliphatic rings. The molecule has 1 atom stereocenters. The molecule has 0 aliphatic heterocycles. The predicted molar refractivity (Wildman–Crippen MR) is 58.2 cm³/mol. The van der Waals surface area contributed by atoms with E-state index in [1.165, 1.54) is 13.2 Å². The third-order valence-corrected chi connectivity index (χ3v) is 2.42. The number of benzene rings is 1. The SMILES string of the molecule is COc1c(F)cc(C)cc1CC(C)C(=O)O. The van der Waals surface area contributed by atoms with Crippen molar-refractivity contribution in [3.05, 3.63) is 29.1 Å². The van der Waals surface area contributed by atoms with Crippen molar-refractivity contribution in [3.8, 4) is 5.75 Å². The van der Waals surface area contributed by atoms with Crippen molar-refractivity contribution in [2.45, 2.75) is 20.3 Å². The first kappa shape index (κ1) is 12.5. The molecule has 0 amide bonds. The van der Waals surface area contributed by atoms with Crippen LogP contribution in [0.5, 0.6) is 5.75 Å². The van der Waals surface area contributed by atoms with Crippen LogP contribution in [-0.4, -0.2) is 18.2 Å². The van der Waals surface area contributed by atoms with E-state index in [4.69, 9.17) is 9.84 Å². The first-order chi connectivity index (χ1) is 7.45. The molecule has 16 heavy (non-hydrogen) atoms. The van der Waals surface area contributed by atoms with E-state index in [2.05, 4.69) is 0 Å². The van der Waals surface area contributed by atoms with Crippen LogP contribution in [0.1, 0.15) is 18.1 Å². The van der Waals surface area contributed by atoms with Gasteiger partial charge in [-0.1, -0.05) is 13.0 Å². The Kier molecular flexibility index (Phi) is 3.88. The summed E-state index contributed by atoms with van der Waals surface area (Å²) >= 11 is 0. The average Bonchev–Trinajstić information content (AvgIpc) is 2.16. The summed E-state index contributed by atoms with van der Waals surface area (Å²) in [5.41, 5.74) is 1.35. The lowest BCUT2D eigenvalue weighted by Gasteiger charge is -2.12. The quantitative estimate of drug-likeness (QED) is 0.857. The molecule has 0 fully saturated rings. The molecule has 0 saturated carbocycles. The summed E-state index contributed by atoms with van der Waals surface area (Å²) in [6, 6.07) is 3.12. The predicted octanol–water partition coefficient (Wildman–Crippen LogP) is 2.41. The van der Waals surface area contributed by atoms with Gasteiger partial charge >= 0.3 is 5.97 Å². The highest BCUT2D eigenvalue weighted by molar-refractivity contribution is 5.70. The number of aryl methyl sites for hydroxylation is 1. The Labute approximate surface area is 93.9 Å². The highest BCUT2D eigenvalue weighted by Gasteiger charge is 2.17. The van der Waals surface area contributed by atoms with E-state index in [-0.39, 0.29) is 12.2 Å². The minimum Gasteiger partial charge on any atom is -0.493 e. The number of carboxylic acids is 1. The number of rotatable bonds is 4. The third-order valence-electron chi connectivity index (χ3n) is 2.42. The number of ether oxygens (including phenoxy) is 1. The number of halogens is 1. The molecule has 1 unspecified atom stereocenters. The normalized spacial score (nSPS) is 12.2. The van der Waals surface area contributed by atoms with Gasteiger partial charge in [0, 0.05) is 0 Å². The number of methoxy groups -OCH3 is 1. The van der Waals surface area contributed by atoms with Gasteiger partial charge in [-0.2, -0.15) is 0 Å². The second kappa shape index (κ2) is 4.96. The van der Waals surface area contributed by atoms with Crippen LogP contribution in [0.15, 0.2) is 12.1 Å². The molecule has 0 aromatic heterocycles.